The predicted octanol–water partition coefficient (Wildman–Crippen LogP) is 6.79. The lowest BCUT2D eigenvalue weighted by Gasteiger charge is -2.33. The number of benzene rings is 1. The largest absolute Gasteiger partial charge is 0.220 e. The molecule has 0 N–H and O–H groups in total. The smallest absolute Gasteiger partial charge is 0.216 e. The van der Waals surface area contributed by atoms with Crippen LogP contribution in [0.4, 0.5) is 0 Å². The Morgan fingerprint density at radius 1 is 1.00 bits per heavy atom. The molecule has 1 atom stereocenters. The number of tetrazole rings is 1. The van der Waals surface area contributed by atoms with Crippen LogP contribution in [0.5, 0.6) is 0 Å². The fraction of sp³-hybridized carbons (Fsp3) is 0.542. The van der Waals surface area contributed by atoms with E-state index in [9.17, 15) is 0 Å². The summed E-state index contributed by atoms with van der Waals surface area (Å²) < 4.78 is 4.35. The van der Waals surface area contributed by atoms with Crippen molar-refractivity contribution < 1.29 is 0 Å². The molecule has 1 heterocycles. The summed E-state index contributed by atoms with van der Waals surface area (Å²) in [6.45, 7) is 15.4. The summed E-state index contributed by atoms with van der Waals surface area (Å²) in [5.74, 6) is 0.705. The second-order valence-corrected chi connectivity index (χ2v) is 9.39. The van der Waals surface area contributed by atoms with E-state index < -0.39 is 0 Å². The number of rotatable bonds is 6. The molecule has 0 radical (unpaired) electrons. The third-order valence-corrected chi connectivity index (χ3v) is 6.43. The van der Waals surface area contributed by atoms with Crippen molar-refractivity contribution in [2.75, 3.05) is 0 Å². The molecule has 0 fully saturated rings. The molecule has 5 heteroatoms. The van der Waals surface area contributed by atoms with E-state index in [1.807, 2.05) is 9.36 Å². The molecule has 2 aromatic rings. The van der Waals surface area contributed by atoms with Crippen molar-refractivity contribution in [2.45, 2.75) is 84.6 Å². The first kappa shape index (κ1) is 21.7. The number of hydrogen-bond donors (Lipinski definition) is 0. The molecule has 0 aliphatic heterocycles. The highest BCUT2D eigenvalue weighted by atomic mass is 32.1. The van der Waals surface area contributed by atoms with Crippen molar-refractivity contribution in [3.05, 3.63) is 57.9 Å². The monoisotopic (exact) mass is 410 g/mol. The Morgan fingerprint density at radius 2 is 1.62 bits per heavy atom. The van der Waals surface area contributed by atoms with Crippen LogP contribution < -0.4 is 0 Å². The van der Waals surface area contributed by atoms with Crippen LogP contribution in [0.25, 0.3) is 5.69 Å². The molecule has 4 nitrogen and oxygen atoms in total. The molecule has 0 saturated heterocycles. The van der Waals surface area contributed by atoms with E-state index in [2.05, 4.69) is 95.3 Å². The van der Waals surface area contributed by atoms with Crippen LogP contribution in [0.2, 0.25) is 0 Å². The third-order valence-electron chi connectivity index (χ3n) is 6.07. The topological polar surface area (TPSA) is 35.6 Å². The molecule has 0 saturated carbocycles. The van der Waals surface area contributed by atoms with E-state index in [-0.39, 0.29) is 11.5 Å². The van der Waals surface area contributed by atoms with Gasteiger partial charge in [0.15, 0.2) is 0 Å². The molecule has 0 spiro atoms. The minimum atomic E-state index is 0.0531. The maximum atomic E-state index is 5.76. The SMILES string of the molecule is CCC1(c2cc(C(C)C)c(-n3nnn(C(C)C)c3=S)c(C(C)C)c2)C=CC=CC1. The van der Waals surface area contributed by atoms with Crippen molar-refractivity contribution in [1.82, 2.24) is 19.8 Å². The average molecular weight is 411 g/mol. The number of allylic oxidation sites excluding steroid dienone is 4. The van der Waals surface area contributed by atoms with Gasteiger partial charge in [-0.2, -0.15) is 4.68 Å². The Morgan fingerprint density at radius 3 is 2.03 bits per heavy atom. The molecular formula is C24H34N4S. The van der Waals surface area contributed by atoms with E-state index in [4.69, 9.17) is 12.2 Å². The fourth-order valence-corrected chi connectivity index (χ4v) is 4.53. The summed E-state index contributed by atoms with van der Waals surface area (Å²) in [5, 5.41) is 8.81. The maximum Gasteiger partial charge on any atom is 0.220 e. The van der Waals surface area contributed by atoms with Crippen LogP contribution in [-0.2, 0) is 5.41 Å². The Kier molecular flexibility index (Phi) is 6.27. The zero-order valence-electron chi connectivity index (χ0n) is 18.8. The zero-order valence-corrected chi connectivity index (χ0v) is 19.6. The Labute approximate surface area is 180 Å². The van der Waals surface area contributed by atoms with Gasteiger partial charge in [0, 0.05) is 5.41 Å². The lowest BCUT2D eigenvalue weighted by molar-refractivity contribution is 0.508. The molecule has 0 amide bonds. The van der Waals surface area contributed by atoms with Crippen LogP contribution in [0.1, 0.15) is 95.9 Å². The van der Waals surface area contributed by atoms with Gasteiger partial charge in [-0.25, -0.2) is 4.68 Å². The minimum Gasteiger partial charge on any atom is -0.216 e. The van der Waals surface area contributed by atoms with Gasteiger partial charge in [0.25, 0.3) is 0 Å². The normalized spacial score (nSPS) is 19.1. The number of aromatic nitrogens is 4. The second kappa shape index (κ2) is 8.39. The van der Waals surface area contributed by atoms with Gasteiger partial charge in [-0.05, 0) is 77.9 Å². The van der Waals surface area contributed by atoms with Gasteiger partial charge in [-0.3, -0.25) is 0 Å². The lowest BCUT2D eigenvalue weighted by atomic mass is 9.71. The van der Waals surface area contributed by atoms with Gasteiger partial charge in [-0.1, -0.05) is 71.1 Å². The molecule has 156 valence electrons. The quantitative estimate of drug-likeness (QED) is 0.492. The van der Waals surface area contributed by atoms with Gasteiger partial charge >= 0.3 is 0 Å². The maximum absolute atomic E-state index is 5.76. The Hall–Kier alpha value is -2.01. The molecule has 1 aromatic carbocycles. The van der Waals surface area contributed by atoms with E-state index in [0.29, 0.717) is 16.6 Å². The molecule has 1 aliphatic carbocycles. The Bertz CT molecular complexity index is 962. The molecule has 3 rings (SSSR count). The standard InChI is InChI=1S/C24H34N4S/c1-8-24(12-10-9-11-13-24)19-14-20(16(2)3)22(21(15-19)17(4)5)28-23(29)27(18(6)7)25-26-28/h9-12,14-18H,8,13H2,1-7H3. The van der Waals surface area contributed by atoms with Crippen molar-refractivity contribution in [3.8, 4) is 5.69 Å². The van der Waals surface area contributed by atoms with E-state index in [1.54, 1.807) is 0 Å². The van der Waals surface area contributed by atoms with Crippen LogP contribution in [-0.4, -0.2) is 19.8 Å². The second-order valence-electron chi connectivity index (χ2n) is 9.03. The van der Waals surface area contributed by atoms with E-state index in [1.165, 1.54) is 16.7 Å². The molecular weight excluding hydrogens is 376 g/mol. The number of hydrogen-bond acceptors (Lipinski definition) is 3. The zero-order chi connectivity index (χ0) is 21.3. The van der Waals surface area contributed by atoms with Gasteiger partial charge < -0.3 is 0 Å². The lowest BCUT2D eigenvalue weighted by Crippen LogP contribution is -2.24. The van der Waals surface area contributed by atoms with Crippen molar-refractivity contribution >= 4 is 12.2 Å². The summed E-state index contributed by atoms with van der Waals surface area (Å²) in [6, 6.07) is 4.95. The predicted molar refractivity (Wildman–Crippen MR) is 124 cm³/mol. The Balaban J connectivity index is 2.31. The van der Waals surface area contributed by atoms with Crippen LogP contribution >= 0.6 is 12.2 Å². The third kappa shape index (κ3) is 3.89. The fourth-order valence-electron chi connectivity index (χ4n) is 4.16. The minimum absolute atomic E-state index is 0.0531. The average Bonchev–Trinajstić information content (AvgIpc) is 3.08. The van der Waals surface area contributed by atoms with Crippen LogP contribution in [0, 0.1) is 4.77 Å². The highest BCUT2D eigenvalue weighted by molar-refractivity contribution is 7.71. The summed E-state index contributed by atoms with van der Waals surface area (Å²) in [7, 11) is 0. The van der Waals surface area contributed by atoms with Crippen LogP contribution in [0.15, 0.2) is 36.4 Å². The first-order valence-electron chi connectivity index (χ1n) is 10.8. The number of nitrogens with zero attached hydrogens (tertiary/aromatic N) is 4. The van der Waals surface area contributed by atoms with Gasteiger partial charge in [0.2, 0.25) is 4.77 Å². The van der Waals surface area contributed by atoms with Crippen LogP contribution in [0.3, 0.4) is 0 Å². The van der Waals surface area contributed by atoms with Gasteiger partial charge in [-0.15, -0.1) is 0 Å². The first-order chi connectivity index (χ1) is 13.7. The first-order valence-corrected chi connectivity index (χ1v) is 11.2. The van der Waals surface area contributed by atoms with Crippen molar-refractivity contribution in [1.29, 1.82) is 0 Å². The molecule has 1 aromatic heterocycles. The molecule has 0 bridgehead atoms. The highest BCUT2D eigenvalue weighted by Crippen LogP contribution is 2.41. The molecule has 1 aliphatic rings. The van der Waals surface area contributed by atoms with Crippen molar-refractivity contribution in [3.63, 3.8) is 0 Å². The summed E-state index contributed by atoms with van der Waals surface area (Å²) in [6.07, 6.45) is 11.1. The summed E-state index contributed by atoms with van der Waals surface area (Å²) >= 11 is 5.76. The molecule has 29 heavy (non-hydrogen) atoms. The van der Waals surface area contributed by atoms with Gasteiger partial charge in [0.05, 0.1) is 11.7 Å². The molecule has 1 unspecified atom stereocenters. The van der Waals surface area contributed by atoms with Crippen molar-refractivity contribution in [2.24, 2.45) is 0 Å². The van der Waals surface area contributed by atoms with Gasteiger partial charge in [0.1, 0.15) is 0 Å². The van der Waals surface area contributed by atoms with E-state index in [0.717, 1.165) is 18.5 Å². The summed E-state index contributed by atoms with van der Waals surface area (Å²) in [5.41, 5.74) is 5.12. The van der Waals surface area contributed by atoms with E-state index >= 15 is 0 Å². The summed E-state index contributed by atoms with van der Waals surface area (Å²) in [4.78, 5) is 0. The highest BCUT2D eigenvalue weighted by Gasteiger charge is 2.30.